The maximum Gasteiger partial charge on any atom is 0.262 e. The number of anilines is 2. The first kappa shape index (κ1) is 21.5. The van der Waals surface area contributed by atoms with E-state index in [0.29, 0.717) is 28.0 Å². The highest BCUT2D eigenvalue weighted by Crippen LogP contribution is 2.26. The summed E-state index contributed by atoms with van der Waals surface area (Å²) in [6.45, 7) is 2.41. The van der Waals surface area contributed by atoms with Crippen LogP contribution in [0.15, 0.2) is 65.1 Å². The number of hydrogen-bond donors (Lipinski definition) is 2. The Morgan fingerprint density at radius 3 is 2.52 bits per heavy atom. The van der Waals surface area contributed by atoms with E-state index in [1.165, 1.54) is 0 Å². The average molecular weight is 494 g/mol. The first-order valence-corrected chi connectivity index (χ1v) is 10.4. The minimum absolute atomic E-state index is 0.0926. The molecule has 0 spiro atoms. The van der Waals surface area contributed by atoms with E-state index in [1.807, 2.05) is 55.5 Å². The summed E-state index contributed by atoms with van der Waals surface area (Å²) in [5, 5.41) is 7.34. The summed E-state index contributed by atoms with van der Waals surface area (Å²) < 4.78 is 6.47. The van der Waals surface area contributed by atoms with E-state index in [2.05, 4.69) is 26.6 Å². The minimum Gasteiger partial charge on any atom is -0.484 e. The highest BCUT2D eigenvalue weighted by atomic mass is 79.9. The van der Waals surface area contributed by atoms with Crippen molar-refractivity contribution in [3.8, 4) is 5.75 Å². The van der Waals surface area contributed by atoms with Crippen LogP contribution in [0.5, 0.6) is 5.75 Å². The second-order valence-electron chi connectivity index (χ2n) is 6.43. The number of ether oxygens (including phenoxy) is 1. The fraction of sp³-hybridized carbons (Fsp3) is 0.136. The third-order valence-electron chi connectivity index (χ3n) is 4.14. The second-order valence-corrected chi connectivity index (χ2v) is 8.10. The summed E-state index contributed by atoms with van der Waals surface area (Å²) in [7, 11) is 0. The molecule has 0 aromatic heterocycles. The van der Waals surface area contributed by atoms with Crippen LogP contribution in [0.4, 0.5) is 11.4 Å². The molecule has 4 nitrogen and oxygen atoms in total. The van der Waals surface area contributed by atoms with Crippen molar-refractivity contribution in [3.05, 3.63) is 86.3 Å². The van der Waals surface area contributed by atoms with Gasteiger partial charge in [-0.15, -0.1) is 0 Å². The molecule has 7 heteroatoms. The lowest BCUT2D eigenvalue weighted by Crippen LogP contribution is -2.20. The highest BCUT2D eigenvalue weighted by Gasteiger charge is 2.06. The lowest BCUT2D eigenvalue weighted by atomic mass is 10.2. The lowest BCUT2D eigenvalue weighted by Gasteiger charge is -2.11. The molecule has 3 rings (SSSR count). The number of hydrogen-bond acceptors (Lipinski definition) is 3. The summed E-state index contributed by atoms with van der Waals surface area (Å²) in [5.74, 6) is 0.369. The molecule has 3 aromatic carbocycles. The average Bonchev–Trinajstić information content (AvgIpc) is 2.70. The summed E-state index contributed by atoms with van der Waals surface area (Å²) >= 11 is 15.6. The number of carbonyl (C=O) groups is 1. The van der Waals surface area contributed by atoms with Crippen molar-refractivity contribution in [3.63, 3.8) is 0 Å². The number of carbonyl (C=O) groups excluding carboxylic acids is 1. The molecule has 150 valence electrons. The molecule has 29 heavy (non-hydrogen) atoms. The molecule has 0 radical (unpaired) electrons. The van der Waals surface area contributed by atoms with Crippen LogP contribution in [-0.2, 0) is 11.3 Å². The van der Waals surface area contributed by atoms with E-state index in [1.54, 1.807) is 12.1 Å². The van der Waals surface area contributed by atoms with Gasteiger partial charge in [0.1, 0.15) is 5.75 Å². The Kier molecular flexibility index (Phi) is 7.42. The molecule has 0 fully saturated rings. The maximum absolute atomic E-state index is 12.1. The van der Waals surface area contributed by atoms with Crippen LogP contribution in [0, 0.1) is 6.92 Å². The van der Waals surface area contributed by atoms with Gasteiger partial charge in [0.05, 0.1) is 5.02 Å². The Morgan fingerprint density at radius 1 is 1.00 bits per heavy atom. The van der Waals surface area contributed by atoms with E-state index in [-0.39, 0.29) is 12.5 Å². The number of nitrogens with one attached hydrogen (secondary N) is 2. The van der Waals surface area contributed by atoms with Gasteiger partial charge in [-0.25, -0.2) is 0 Å². The molecule has 0 aliphatic rings. The van der Waals surface area contributed by atoms with Gasteiger partial charge < -0.3 is 15.4 Å². The molecular formula is C22H19BrCl2N2O2. The quantitative estimate of drug-likeness (QED) is 0.385. The van der Waals surface area contributed by atoms with Crippen LogP contribution in [0.1, 0.15) is 11.1 Å². The number of halogens is 3. The Balaban J connectivity index is 1.53. The van der Waals surface area contributed by atoms with Gasteiger partial charge in [0.2, 0.25) is 0 Å². The van der Waals surface area contributed by atoms with Crippen LogP contribution >= 0.6 is 39.1 Å². The molecule has 0 heterocycles. The predicted molar refractivity (Wildman–Crippen MR) is 123 cm³/mol. The molecule has 0 aliphatic heterocycles. The van der Waals surface area contributed by atoms with Gasteiger partial charge in [0, 0.05) is 27.4 Å². The summed E-state index contributed by atoms with van der Waals surface area (Å²) in [5.41, 5.74) is 3.53. The SMILES string of the molecule is Cc1ccc(NC(=O)COc2cccc(CNc3ccc(Br)c(Cl)c3)c2)cc1Cl. The fourth-order valence-corrected chi connectivity index (χ4v) is 3.18. The van der Waals surface area contributed by atoms with Crippen molar-refractivity contribution < 1.29 is 9.53 Å². The van der Waals surface area contributed by atoms with Gasteiger partial charge in [-0.3, -0.25) is 4.79 Å². The van der Waals surface area contributed by atoms with Crippen molar-refractivity contribution in [2.24, 2.45) is 0 Å². The van der Waals surface area contributed by atoms with Crippen LogP contribution < -0.4 is 15.4 Å². The van der Waals surface area contributed by atoms with Crippen molar-refractivity contribution in [2.75, 3.05) is 17.2 Å². The van der Waals surface area contributed by atoms with E-state index in [9.17, 15) is 4.79 Å². The smallest absolute Gasteiger partial charge is 0.262 e. The summed E-state index contributed by atoms with van der Waals surface area (Å²) in [6.07, 6.45) is 0. The van der Waals surface area contributed by atoms with Crippen LogP contribution in [0.25, 0.3) is 0 Å². The molecule has 2 N–H and O–H groups in total. The van der Waals surface area contributed by atoms with Gasteiger partial charge in [-0.2, -0.15) is 0 Å². The standard InChI is InChI=1S/C22H19BrCl2N2O2/c1-14-5-6-17(11-20(14)24)27-22(28)13-29-18-4-2-3-15(9-18)12-26-16-7-8-19(23)21(25)10-16/h2-11,26H,12-13H2,1H3,(H,27,28). The molecule has 3 aromatic rings. The van der Waals surface area contributed by atoms with Crippen LogP contribution in [-0.4, -0.2) is 12.5 Å². The number of amides is 1. The van der Waals surface area contributed by atoms with Gasteiger partial charge in [0.15, 0.2) is 6.61 Å². The van der Waals surface area contributed by atoms with Crippen molar-refractivity contribution in [2.45, 2.75) is 13.5 Å². The molecule has 1 amide bonds. The summed E-state index contributed by atoms with van der Waals surface area (Å²) in [4.78, 5) is 12.1. The Labute approximate surface area is 188 Å². The normalized spacial score (nSPS) is 10.5. The molecule has 0 aliphatic carbocycles. The van der Waals surface area contributed by atoms with E-state index in [4.69, 9.17) is 27.9 Å². The number of aryl methyl sites for hydroxylation is 1. The largest absolute Gasteiger partial charge is 0.484 e. The van der Waals surface area contributed by atoms with E-state index in [0.717, 1.165) is 21.3 Å². The monoisotopic (exact) mass is 492 g/mol. The molecule has 0 saturated heterocycles. The van der Waals surface area contributed by atoms with Crippen molar-refractivity contribution >= 4 is 56.4 Å². The molecule has 0 saturated carbocycles. The predicted octanol–water partition coefficient (Wildman–Crippen LogP) is 6.69. The topological polar surface area (TPSA) is 50.4 Å². The minimum atomic E-state index is -0.252. The highest BCUT2D eigenvalue weighted by molar-refractivity contribution is 9.10. The Morgan fingerprint density at radius 2 is 1.76 bits per heavy atom. The molecule has 0 unspecified atom stereocenters. The van der Waals surface area contributed by atoms with Crippen LogP contribution in [0.2, 0.25) is 10.0 Å². The second kappa shape index (κ2) is 10.0. The molecular weight excluding hydrogens is 475 g/mol. The van der Waals surface area contributed by atoms with Gasteiger partial charge in [-0.1, -0.05) is 41.4 Å². The molecule has 0 atom stereocenters. The third-order valence-corrected chi connectivity index (χ3v) is 5.78. The fourth-order valence-electron chi connectivity index (χ4n) is 2.57. The number of benzene rings is 3. The van der Waals surface area contributed by atoms with E-state index >= 15 is 0 Å². The van der Waals surface area contributed by atoms with E-state index < -0.39 is 0 Å². The number of rotatable bonds is 7. The summed E-state index contributed by atoms with van der Waals surface area (Å²) in [6, 6.07) is 18.6. The first-order valence-electron chi connectivity index (χ1n) is 8.87. The molecule has 0 bridgehead atoms. The van der Waals surface area contributed by atoms with Crippen molar-refractivity contribution in [1.82, 2.24) is 0 Å². The van der Waals surface area contributed by atoms with Gasteiger partial charge in [-0.05, 0) is 76.4 Å². The zero-order valence-electron chi connectivity index (χ0n) is 15.6. The van der Waals surface area contributed by atoms with Gasteiger partial charge >= 0.3 is 0 Å². The van der Waals surface area contributed by atoms with Crippen molar-refractivity contribution in [1.29, 1.82) is 0 Å². The first-order chi connectivity index (χ1) is 13.9. The third kappa shape index (κ3) is 6.39. The Hall–Kier alpha value is -2.21. The van der Waals surface area contributed by atoms with Gasteiger partial charge in [0.25, 0.3) is 5.91 Å². The lowest BCUT2D eigenvalue weighted by molar-refractivity contribution is -0.118. The zero-order chi connectivity index (χ0) is 20.8. The maximum atomic E-state index is 12.1. The van der Waals surface area contributed by atoms with Crippen LogP contribution in [0.3, 0.4) is 0 Å². The Bertz CT molecular complexity index is 1030. The zero-order valence-corrected chi connectivity index (χ0v) is 18.7.